The smallest absolute Gasteiger partial charge is 0.407 e. The van der Waals surface area contributed by atoms with Gasteiger partial charge in [0.15, 0.2) is 0 Å². The van der Waals surface area contributed by atoms with E-state index in [-0.39, 0.29) is 36.2 Å². The number of benzene rings is 2. The van der Waals surface area contributed by atoms with E-state index in [0.29, 0.717) is 43.7 Å². The Labute approximate surface area is 264 Å². The van der Waals surface area contributed by atoms with Crippen LogP contribution < -0.4 is 10.6 Å². The number of amides is 3. The van der Waals surface area contributed by atoms with Gasteiger partial charge >= 0.3 is 12.1 Å². The Kier molecular flexibility index (Phi) is 9.80. The van der Waals surface area contributed by atoms with Crippen molar-refractivity contribution in [2.75, 3.05) is 25.0 Å². The Morgan fingerprint density at radius 3 is 2.38 bits per heavy atom. The molecule has 3 N–H and O–H groups in total. The number of H-pyrrole nitrogens is 1. The minimum atomic E-state index is -0.650. The van der Waals surface area contributed by atoms with Gasteiger partial charge in [0.25, 0.3) is 0 Å². The highest BCUT2D eigenvalue weighted by Crippen LogP contribution is 2.38. The van der Waals surface area contributed by atoms with Crippen molar-refractivity contribution in [1.29, 1.82) is 0 Å². The van der Waals surface area contributed by atoms with Crippen LogP contribution >= 0.6 is 0 Å². The predicted octanol–water partition coefficient (Wildman–Crippen LogP) is 6.00. The van der Waals surface area contributed by atoms with Gasteiger partial charge in [0, 0.05) is 41.5 Å². The minimum absolute atomic E-state index is 0.0206. The number of rotatable bonds is 8. The Bertz CT molecular complexity index is 1520. The summed E-state index contributed by atoms with van der Waals surface area (Å²) >= 11 is 0. The van der Waals surface area contributed by atoms with Crippen LogP contribution in [0.4, 0.5) is 10.5 Å². The molecule has 3 amide bonds. The van der Waals surface area contributed by atoms with Crippen molar-refractivity contribution < 1.29 is 28.7 Å². The number of aromatic nitrogens is 1. The summed E-state index contributed by atoms with van der Waals surface area (Å²) in [5.41, 5.74) is 2.18. The van der Waals surface area contributed by atoms with Gasteiger partial charge in [-0.3, -0.25) is 9.59 Å². The summed E-state index contributed by atoms with van der Waals surface area (Å²) in [7, 11) is 0. The molecule has 1 aliphatic heterocycles. The van der Waals surface area contributed by atoms with E-state index in [2.05, 4.69) is 15.6 Å². The maximum atomic E-state index is 14.0. The lowest BCUT2D eigenvalue weighted by molar-refractivity contribution is -0.141. The van der Waals surface area contributed by atoms with Crippen LogP contribution in [0, 0.1) is 11.8 Å². The Morgan fingerprint density at radius 2 is 1.69 bits per heavy atom. The summed E-state index contributed by atoms with van der Waals surface area (Å²) < 4.78 is 10.5. The molecule has 2 fully saturated rings. The van der Waals surface area contributed by atoms with Crippen molar-refractivity contribution in [3.8, 4) is 0 Å². The number of carbonyl (C=O) groups is 4. The molecule has 2 aliphatic rings. The molecule has 0 radical (unpaired) electrons. The van der Waals surface area contributed by atoms with E-state index >= 15 is 0 Å². The van der Waals surface area contributed by atoms with E-state index in [4.69, 9.17) is 9.47 Å². The van der Waals surface area contributed by atoms with Gasteiger partial charge in [-0.1, -0.05) is 30.3 Å². The first-order chi connectivity index (χ1) is 21.5. The Balaban J connectivity index is 1.27. The molecule has 5 rings (SSSR count). The number of fused-ring (bicyclic) bond motifs is 1. The molecular formula is C35H44N4O6. The number of likely N-dealkylation sites (tertiary alicyclic amines) is 1. The van der Waals surface area contributed by atoms with Crippen LogP contribution in [0.5, 0.6) is 0 Å². The lowest BCUT2D eigenvalue weighted by atomic mass is 9.81. The van der Waals surface area contributed by atoms with E-state index in [1.54, 1.807) is 24.0 Å². The standard InChI is InChI=1S/C35H44N4O6/c1-5-44-33(42)29-20-25-19-26(15-16-28(25)38-29)37-31(40)30-27(23-9-7-6-8-10-23)17-18-39(30)32(41)24-13-11-22(12-14-24)21-36-34(43)45-35(2,3)4/h6-10,15-16,19-20,22,24,27,30,38H,5,11-14,17-18,21H2,1-4H3,(H,36,43)(H,37,40)/t22-,24-,27?,30?. The summed E-state index contributed by atoms with van der Waals surface area (Å²) in [6, 6.07) is 16.4. The molecule has 0 spiro atoms. The molecule has 2 unspecified atom stereocenters. The maximum Gasteiger partial charge on any atom is 0.407 e. The zero-order chi connectivity index (χ0) is 32.1. The first-order valence-electron chi connectivity index (χ1n) is 16.0. The topological polar surface area (TPSA) is 130 Å². The van der Waals surface area contributed by atoms with Crippen molar-refractivity contribution in [3.05, 3.63) is 65.9 Å². The number of nitrogens with zero attached hydrogens (tertiary/aromatic N) is 1. The molecule has 10 heteroatoms. The number of hydrogen-bond donors (Lipinski definition) is 3. The molecule has 45 heavy (non-hydrogen) atoms. The lowest BCUT2D eigenvalue weighted by Gasteiger charge is -2.34. The zero-order valence-corrected chi connectivity index (χ0v) is 26.6. The number of ether oxygens (including phenoxy) is 2. The quantitative estimate of drug-likeness (QED) is 0.266. The average Bonchev–Trinajstić information content (AvgIpc) is 3.65. The van der Waals surface area contributed by atoms with Gasteiger partial charge in [0.05, 0.1) is 6.61 Å². The highest BCUT2D eigenvalue weighted by atomic mass is 16.6. The second kappa shape index (κ2) is 13.7. The van der Waals surface area contributed by atoms with Crippen molar-refractivity contribution >= 4 is 40.5 Å². The van der Waals surface area contributed by atoms with Gasteiger partial charge < -0.3 is 30.0 Å². The van der Waals surface area contributed by atoms with Crippen LogP contribution in [-0.2, 0) is 19.1 Å². The summed E-state index contributed by atoms with van der Waals surface area (Å²) in [4.78, 5) is 57.1. The van der Waals surface area contributed by atoms with E-state index in [1.165, 1.54) is 0 Å². The number of aromatic amines is 1. The second-order valence-corrected chi connectivity index (χ2v) is 13.1. The molecule has 240 valence electrons. The number of hydrogen-bond acceptors (Lipinski definition) is 6. The van der Waals surface area contributed by atoms with Crippen LogP contribution in [0.1, 0.15) is 81.8 Å². The summed E-state index contributed by atoms with van der Waals surface area (Å²) in [5, 5.41) is 6.70. The largest absolute Gasteiger partial charge is 0.461 e. The second-order valence-electron chi connectivity index (χ2n) is 13.1. The van der Waals surface area contributed by atoms with Crippen LogP contribution in [0.3, 0.4) is 0 Å². The van der Waals surface area contributed by atoms with E-state index in [9.17, 15) is 19.2 Å². The number of esters is 1. The molecule has 1 saturated heterocycles. The highest BCUT2D eigenvalue weighted by Gasteiger charge is 2.44. The highest BCUT2D eigenvalue weighted by molar-refractivity contribution is 6.01. The normalized spacial score (nSPS) is 21.7. The monoisotopic (exact) mass is 616 g/mol. The maximum absolute atomic E-state index is 14.0. The SMILES string of the molecule is CCOC(=O)c1cc2cc(NC(=O)C3C(c4ccccc4)CCN3C(=O)[C@H]3CC[C@H](CNC(=O)OC(C)(C)C)CC3)ccc2[nH]1. The minimum Gasteiger partial charge on any atom is -0.461 e. The molecular weight excluding hydrogens is 572 g/mol. The summed E-state index contributed by atoms with van der Waals surface area (Å²) in [5.74, 6) is -0.652. The summed E-state index contributed by atoms with van der Waals surface area (Å²) in [6.07, 6.45) is 3.35. The fraction of sp³-hybridized carbons (Fsp3) is 0.486. The Morgan fingerprint density at radius 1 is 0.956 bits per heavy atom. The lowest BCUT2D eigenvalue weighted by Crippen LogP contribution is -2.48. The first kappa shape index (κ1) is 32.1. The molecule has 0 bridgehead atoms. The van der Waals surface area contributed by atoms with Crippen molar-refractivity contribution in [3.63, 3.8) is 0 Å². The van der Waals surface area contributed by atoms with E-state index < -0.39 is 23.7 Å². The van der Waals surface area contributed by atoms with Crippen LogP contribution in [-0.4, -0.2) is 65.1 Å². The molecule has 2 heterocycles. The molecule has 2 aromatic carbocycles. The summed E-state index contributed by atoms with van der Waals surface area (Å²) in [6.45, 7) is 8.57. The number of anilines is 1. The molecule has 1 aliphatic carbocycles. The predicted molar refractivity (Wildman–Crippen MR) is 172 cm³/mol. The Hall–Kier alpha value is -4.34. The van der Waals surface area contributed by atoms with Crippen LogP contribution in [0.15, 0.2) is 54.6 Å². The van der Waals surface area contributed by atoms with E-state index in [0.717, 1.165) is 29.3 Å². The van der Waals surface area contributed by atoms with Gasteiger partial charge in [0.2, 0.25) is 11.8 Å². The van der Waals surface area contributed by atoms with Gasteiger partial charge in [-0.2, -0.15) is 0 Å². The number of alkyl carbamates (subject to hydrolysis) is 1. The third kappa shape index (κ3) is 7.85. The number of nitrogens with one attached hydrogen (secondary N) is 3. The molecule has 1 saturated carbocycles. The van der Waals surface area contributed by atoms with Crippen LogP contribution in [0.25, 0.3) is 10.9 Å². The van der Waals surface area contributed by atoms with Crippen molar-refractivity contribution in [2.45, 2.75) is 77.4 Å². The fourth-order valence-corrected chi connectivity index (χ4v) is 6.55. The molecule has 10 nitrogen and oxygen atoms in total. The molecule has 1 aromatic heterocycles. The average molecular weight is 617 g/mol. The third-order valence-electron chi connectivity index (χ3n) is 8.69. The van der Waals surface area contributed by atoms with Gasteiger partial charge in [-0.25, -0.2) is 9.59 Å². The first-order valence-corrected chi connectivity index (χ1v) is 16.0. The van der Waals surface area contributed by atoms with Gasteiger partial charge in [-0.05, 0) is 95.5 Å². The van der Waals surface area contributed by atoms with Crippen molar-refractivity contribution in [1.82, 2.24) is 15.2 Å². The fourth-order valence-electron chi connectivity index (χ4n) is 6.55. The zero-order valence-electron chi connectivity index (χ0n) is 26.6. The number of carbonyl (C=O) groups excluding carboxylic acids is 4. The van der Waals surface area contributed by atoms with Crippen molar-refractivity contribution in [2.24, 2.45) is 11.8 Å². The van der Waals surface area contributed by atoms with Crippen LogP contribution in [0.2, 0.25) is 0 Å². The van der Waals surface area contributed by atoms with Gasteiger partial charge in [-0.15, -0.1) is 0 Å². The van der Waals surface area contributed by atoms with Gasteiger partial charge in [0.1, 0.15) is 17.3 Å². The third-order valence-corrected chi connectivity index (χ3v) is 8.69. The molecule has 3 aromatic rings. The van der Waals surface area contributed by atoms with E-state index in [1.807, 2.05) is 63.2 Å². The molecule has 2 atom stereocenters.